The lowest BCUT2D eigenvalue weighted by atomic mass is 10.0. The van der Waals surface area contributed by atoms with Gasteiger partial charge in [0.2, 0.25) is 0 Å². The van der Waals surface area contributed by atoms with Crippen molar-refractivity contribution in [3.05, 3.63) is 35.9 Å². The van der Waals surface area contributed by atoms with E-state index in [2.05, 4.69) is 4.99 Å². The Bertz CT molecular complexity index is 543. The van der Waals surface area contributed by atoms with Crippen LogP contribution >= 0.6 is 11.8 Å². The Hall–Kier alpha value is -1.82. The van der Waals surface area contributed by atoms with Crippen LogP contribution in [-0.4, -0.2) is 42.0 Å². The topological polar surface area (TPSA) is 65.0 Å². The second kappa shape index (κ2) is 6.09. The van der Waals surface area contributed by atoms with Gasteiger partial charge in [-0.25, -0.2) is 14.6 Å². The summed E-state index contributed by atoms with van der Waals surface area (Å²) in [7, 11) is 1.24. The molecule has 0 fully saturated rings. The zero-order valence-corrected chi connectivity index (χ0v) is 12.1. The molecule has 1 heterocycles. The number of hydrogen-bond donors (Lipinski definition) is 0. The molecule has 0 aromatic heterocycles. The number of hydrogen-bond acceptors (Lipinski definition) is 6. The summed E-state index contributed by atoms with van der Waals surface area (Å²) in [5, 5.41) is 0.643. The van der Waals surface area contributed by atoms with Crippen LogP contribution in [0, 0.1) is 0 Å². The first kappa shape index (κ1) is 14.6. The van der Waals surface area contributed by atoms with Crippen molar-refractivity contribution in [2.75, 3.05) is 19.5 Å². The van der Waals surface area contributed by atoms with Crippen molar-refractivity contribution in [3.63, 3.8) is 0 Å². The molecule has 0 saturated heterocycles. The van der Waals surface area contributed by atoms with Crippen LogP contribution in [0.25, 0.3) is 0 Å². The molecule has 5 nitrogen and oxygen atoms in total. The van der Waals surface area contributed by atoms with E-state index in [0.29, 0.717) is 5.04 Å². The second-order valence-corrected chi connectivity index (χ2v) is 5.11. The van der Waals surface area contributed by atoms with E-state index in [1.807, 2.05) is 30.3 Å². The molecular formula is C14H15NO4S. The molecule has 20 heavy (non-hydrogen) atoms. The van der Waals surface area contributed by atoms with Crippen molar-refractivity contribution >= 4 is 28.7 Å². The highest BCUT2D eigenvalue weighted by atomic mass is 32.2. The van der Waals surface area contributed by atoms with E-state index in [1.54, 1.807) is 6.92 Å². The van der Waals surface area contributed by atoms with Gasteiger partial charge in [0.05, 0.1) is 18.8 Å². The number of rotatable bonds is 4. The highest BCUT2D eigenvalue weighted by Gasteiger charge is 2.52. The summed E-state index contributed by atoms with van der Waals surface area (Å²) in [5.41, 5.74) is -0.715. The summed E-state index contributed by atoms with van der Waals surface area (Å²) in [6, 6.07) is 9.40. The van der Waals surface area contributed by atoms with Gasteiger partial charge < -0.3 is 9.47 Å². The molecule has 1 aliphatic heterocycles. The largest absolute Gasteiger partial charge is 0.467 e. The molecule has 1 aromatic rings. The number of esters is 2. The quantitative estimate of drug-likeness (QED) is 0.624. The van der Waals surface area contributed by atoms with Gasteiger partial charge in [0.15, 0.2) is 0 Å². The van der Waals surface area contributed by atoms with Crippen LogP contribution in [-0.2, 0) is 19.1 Å². The molecule has 0 aliphatic carbocycles. The van der Waals surface area contributed by atoms with Crippen LogP contribution in [0.1, 0.15) is 12.5 Å². The zero-order valence-electron chi connectivity index (χ0n) is 11.3. The first-order chi connectivity index (χ1) is 9.64. The van der Waals surface area contributed by atoms with Crippen molar-refractivity contribution in [2.45, 2.75) is 12.5 Å². The zero-order chi connectivity index (χ0) is 14.6. The normalized spacial score (nSPS) is 21.2. The summed E-state index contributed by atoms with van der Waals surface area (Å²) >= 11 is 1.35. The first-order valence-corrected chi connectivity index (χ1v) is 7.16. The van der Waals surface area contributed by atoms with Gasteiger partial charge in [0.25, 0.3) is 5.54 Å². The summed E-state index contributed by atoms with van der Waals surface area (Å²) < 4.78 is 9.71. The van der Waals surface area contributed by atoms with E-state index >= 15 is 0 Å². The third-order valence-electron chi connectivity index (χ3n) is 2.87. The molecule has 0 radical (unpaired) electrons. The van der Waals surface area contributed by atoms with Gasteiger partial charge in [-0.2, -0.15) is 0 Å². The minimum Gasteiger partial charge on any atom is -0.467 e. The van der Waals surface area contributed by atoms with Crippen LogP contribution < -0.4 is 0 Å². The molecule has 106 valence electrons. The number of nitrogens with zero attached hydrogens (tertiary/aromatic N) is 1. The van der Waals surface area contributed by atoms with Crippen LogP contribution in [0.2, 0.25) is 0 Å². The molecule has 1 unspecified atom stereocenters. The second-order valence-electron chi connectivity index (χ2n) is 4.14. The van der Waals surface area contributed by atoms with Crippen LogP contribution in [0.5, 0.6) is 0 Å². The SMILES string of the molecule is CCOC(=O)C1(C(=O)OC)CSC(c2ccccc2)=N1. The minimum atomic E-state index is -1.58. The van der Waals surface area contributed by atoms with Gasteiger partial charge in [-0.1, -0.05) is 30.3 Å². The molecule has 0 spiro atoms. The summed E-state index contributed by atoms with van der Waals surface area (Å²) in [5.74, 6) is -1.15. The van der Waals surface area contributed by atoms with E-state index in [1.165, 1.54) is 18.9 Å². The van der Waals surface area contributed by atoms with E-state index in [9.17, 15) is 9.59 Å². The maximum Gasteiger partial charge on any atom is 0.346 e. The van der Waals surface area contributed by atoms with E-state index in [-0.39, 0.29) is 12.4 Å². The highest BCUT2D eigenvalue weighted by molar-refractivity contribution is 8.14. The lowest BCUT2D eigenvalue weighted by molar-refractivity contribution is -0.160. The molecule has 1 atom stereocenters. The maximum atomic E-state index is 12.1. The molecule has 1 aliphatic rings. The summed E-state index contributed by atoms with van der Waals surface area (Å²) in [6.45, 7) is 1.88. The number of carbonyl (C=O) groups excluding carboxylic acids is 2. The fraction of sp³-hybridized carbons (Fsp3) is 0.357. The Morgan fingerprint density at radius 1 is 1.30 bits per heavy atom. The van der Waals surface area contributed by atoms with Crippen molar-refractivity contribution in [1.29, 1.82) is 0 Å². The molecule has 0 bridgehead atoms. The minimum absolute atomic E-state index is 0.193. The Labute approximate surface area is 121 Å². The van der Waals surface area contributed by atoms with Gasteiger partial charge in [-0.05, 0) is 6.92 Å². The fourth-order valence-corrected chi connectivity index (χ4v) is 3.02. The molecule has 6 heteroatoms. The Balaban J connectivity index is 2.38. The highest BCUT2D eigenvalue weighted by Crippen LogP contribution is 2.33. The molecule has 0 N–H and O–H groups in total. The number of thioether (sulfide) groups is 1. The maximum absolute atomic E-state index is 12.1. The molecular weight excluding hydrogens is 278 g/mol. The number of carbonyl (C=O) groups is 2. The van der Waals surface area contributed by atoms with Crippen LogP contribution in [0.15, 0.2) is 35.3 Å². The number of benzene rings is 1. The third-order valence-corrected chi connectivity index (χ3v) is 4.03. The van der Waals surface area contributed by atoms with Gasteiger partial charge >= 0.3 is 11.9 Å². The van der Waals surface area contributed by atoms with Crippen LogP contribution in [0.3, 0.4) is 0 Å². The van der Waals surface area contributed by atoms with E-state index < -0.39 is 17.5 Å². The third kappa shape index (κ3) is 2.56. The fourth-order valence-electron chi connectivity index (χ4n) is 1.85. The first-order valence-electron chi connectivity index (χ1n) is 6.17. The number of methoxy groups -OCH3 is 1. The van der Waals surface area contributed by atoms with E-state index in [0.717, 1.165) is 5.56 Å². The van der Waals surface area contributed by atoms with E-state index in [4.69, 9.17) is 9.47 Å². The van der Waals surface area contributed by atoms with Gasteiger partial charge in [-0.15, -0.1) is 11.8 Å². The van der Waals surface area contributed by atoms with Crippen molar-refractivity contribution < 1.29 is 19.1 Å². The Morgan fingerprint density at radius 2 is 2.00 bits per heavy atom. The Kier molecular flexibility index (Phi) is 4.44. The van der Waals surface area contributed by atoms with Gasteiger partial charge in [0.1, 0.15) is 0 Å². The van der Waals surface area contributed by atoms with Crippen molar-refractivity contribution in [2.24, 2.45) is 4.99 Å². The monoisotopic (exact) mass is 293 g/mol. The summed E-state index contributed by atoms with van der Waals surface area (Å²) in [4.78, 5) is 28.4. The summed E-state index contributed by atoms with van der Waals surface area (Å²) in [6.07, 6.45) is 0. The number of aliphatic imine (C=N–C) groups is 1. The lowest BCUT2D eigenvalue weighted by Crippen LogP contribution is -2.47. The average Bonchev–Trinajstić information content (AvgIpc) is 2.94. The number of ether oxygens (including phenoxy) is 2. The standard InChI is InChI=1S/C14H15NO4S/c1-3-19-13(17)14(12(16)18-2)9-20-11(15-14)10-7-5-4-6-8-10/h4-8H,3,9H2,1-2H3. The van der Waals surface area contributed by atoms with Crippen LogP contribution in [0.4, 0.5) is 0 Å². The Morgan fingerprint density at radius 3 is 2.60 bits per heavy atom. The van der Waals surface area contributed by atoms with Gasteiger partial charge in [0, 0.05) is 11.3 Å². The predicted octanol–water partition coefficient (Wildman–Crippen LogP) is 1.65. The predicted molar refractivity (Wildman–Crippen MR) is 76.8 cm³/mol. The molecule has 0 saturated carbocycles. The smallest absolute Gasteiger partial charge is 0.346 e. The molecule has 0 amide bonds. The average molecular weight is 293 g/mol. The lowest BCUT2D eigenvalue weighted by Gasteiger charge is -2.19. The van der Waals surface area contributed by atoms with Crippen molar-refractivity contribution in [1.82, 2.24) is 0 Å². The molecule has 1 aromatic carbocycles. The van der Waals surface area contributed by atoms with Crippen molar-refractivity contribution in [3.8, 4) is 0 Å². The van der Waals surface area contributed by atoms with Gasteiger partial charge in [-0.3, -0.25) is 0 Å². The molecule has 2 rings (SSSR count).